The molecule has 376 valence electrons. The smallest absolute Gasteiger partial charge is 0.135 e. The Balaban J connectivity index is 0.00000693. The number of ether oxygens (including phenoxy) is 1. The first-order valence-corrected chi connectivity index (χ1v) is 25.4. The minimum absolute atomic E-state index is 0. The molecule has 0 amide bonds. The largest absolute Gasteiger partial charge is 0.509 e. The van der Waals surface area contributed by atoms with Crippen molar-refractivity contribution in [1.29, 1.82) is 0 Å². The maximum absolute atomic E-state index is 7.03. The van der Waals surface area contributed by atoms with Crippen LogP contribution in [0.4, 0.5) is 11.4 Å². The standard InChI is InChI=1S/C66H73N4O.Pt/c1-61(2,3)46-34-35-67-58(40-46)70-56-33-30-48(66(15,16)45-26-21-18-22-27-45)39-55(56)54-32-31-52(42-57(54)70)71-53-38-49(62(4,5)6)37-51(41-53)69-43-68(59(63(7,8)9)60(69)64(10,11)12)50-29-23-28-47(36-50)65(13,14)44-24-19-17-20-25-44;/h17-40,43H,1-16H3;/q-3;. The molecule has 0 N–H and O–H groups in total. The molecule has 6 heteroatoms. The van der Waals surface area contributed by atoms with Crippen LogP contribution in [-0.4, -0.2) is 9.55 Å². The Morgan fingerprint density at radius 1 is 0.444 bits per heavy atom. The molecule has 6 aromatic carbocycles. The molecule has 0 atom stereocenters. The fourth-order valence-corrected chi connectivity index (χ4v) is 10.2. The van der Waals surface area contributed by atoms with E-state index in [-0.39, 0.29) is 53.6 Å². The van der Waals surface area contributed by atoms with Crippen LogP contribution in [-0.2, 0) is 42.7 Å². The first-order chi connectivity index (χ1) is 33.2. The molecule has 9 rings (SSSR count). The average Bonchev–Trinajstić information content (AvgIpc) is 3.90. The van der Waals surface area contributed by atoms with E-state index in [2.05, 4.69) is 283 Å². The van der Waals surface area contributed by atoms with Crippen molar-refractivity contribution < 1.29 is 25.8 Å². The molecule has 1 aliphatic rings. The minimum atomic E-state index is -0.234. The van der Waals surface area contributed by atoms with Gasteiger partial charge in [0.2, 0.25) is 0 Å². The van der Waals surface area contributed by atoms with Gasteiger partial charge in [0.25, 0.3) is 0 Å². The molecule has 8 aromatic rings. The van der Waals surface area contributed by atoms with E-state index in [9.17, 15) is 0 Å². The Kier molecular flexibility index (Phi) is 13.7. The predicted octanol–water partition coefficient (Wildman–Crippen LogP) is 17.6. The summed E-state index contributed by atoms with van der Waals surface area (Å²) in [7, 11) is 0. The van der Waals surface area contributed by atoms with Crippen molar-refractivity contribution in [2.24, 2.45) is 10.8 Å². The number of allylic oxidation sites excluding steroid dienone is 2. The van der Waals surface area contributed by atoms with E-state index < -0.39 is 0 Å². The van der Waals surface area contributed by atoms with E-state index in [1.54, 1.807) is 0 Å². The number of aromatic nitrogens is 2. The zero-order valence-corrected chi connectivity index (χ0v) is 47.7. The van der Waals surface area contributed by atoms with Crippen LogP contribution in [0.5, 0.6) is 11.5 Å². The van der Waals surface area contributed by atoms with Gasteiger partial charge in [-0.25, -0.2) is 4.98 Å². The van der Waals surface area contributed by atoms with Crippen LogP contribution in [0.25, 0.3) is 27.6 Å². The van der Waals surface area contributed by atoms with E-state index in [0.29, 0.717) is 11.5 Å². The number of pyridine rings is 1. The summed E-state index contributed by atoms with van der Waals surface area (Å²) in [6.07, 6.45) is 1.93. The van der Waals surface area contributed by atoms with Crippen molar-refractivity contribution in [2.45, 2.75) is 132 Å². The Bertz CT molecular complexity index is 3300. The van der Waals surface area contributed by atoms with Crippen molar-refractivity contribution >= 4 is 33.2 Å². The summed E-state index contributed by atoms with van der Waals surface area (Å²) >= 11 is 0. The summed E-state index contributed by atoms with van der Waals surface area (Å²) in [5.74, 6) is 2.09. The van der Waals surface area contributed by atoms with Gasteiger partial charge < -0.3 is 19.1 Å². The summed E-state index contributed by atoms with van der Waals surface area (Å²) in [6, 6.07) is 58.2. The molecule has 1 aliphatic heterocycles. The molecule has 72 heavy (non-hydrogen) atoms. The van der Waals surface area contributed by atoms with Crippen LogP contribution >= 0.6 is 0 Å². The van der Waals surface area contributed by atoms with Crippen molar-refractivity contribution in [3.05, 3.63) is 209 Å². The Labute approximate surface area is 445 Å². The number of fused-ring (bicyclic) bond motifs is 3. The summed E-state index contributed by atoms with van der Waals surface area (Å²) in [5, 5.41) is 2.24. The fraction of sp³-hybridized carbons (Fsp3) is 0.333. The van der Waals surface area contributed by atoms with E-state index in [4.69, 9.17) is 9.72 Å². The first-order valence-electron chi connectivity index (χ1n) is 25.4. The number of hydrogen-bond acceptors (Lipinski definition) is 4. The Morgan fingerprint density at radius 3 is 1.60 bits per heavy atom. The molecule has 5 nitrogen and oxygen atoms in total. The zero-order valence-electron chi connectivity index (χ0n) is 45.4. The molecule has 0 aliphatic carbocycles. The zero-order chi connectivity index (χ0) is 51.1. The summed E-state index contributed by atoms with van der Waals surface area (Å²) in [5.41, 5.74) is 12.8. The van der Waals surface area contributed by atoms with E-state index in [1.165, 1.54) is 39.2 Å². The van der Waals surface area contributed by atoms with Crippen LogP contribution < -0.4 is 14.5 Å². The van der Waals surface area contributed by atoms with Gasteiger partial charge in [-0.3, -0.25) is 0 Å². The predicted molar refractivity (Wildman–Crippen MR) is 299 cm³/mol. The second-order valence-electron chi connectivity index (χ2n) is 24.9. The normalized spacial score (nSPS) is 14.1. The molecule has 3 heterocycles. The number of rotatable bonds is 9. The van der Waals surface area contributed by atoms with Gasteiger partial charge in [-0.15, -0.1) is 53.6 Å². The third-order valence-corrected chi connectivity index (χ3v) is 14.6. The maximum Gasteiger partial charge on any atom is 0.135 e. The number of nitrogens with zero attached hydrogens (tertiary/aromatic N) is 4. The Hall–Kier alpha value is -5.90. The monoisotopic (exact) mass is 1130 g/mol. The summed E-state index contributed by atoms with van der Waals surface area (Å²) in [6.45, 7) is 39.0. The molecule has 0 fully saturated rings. The van der Waals surface area contributed by atoms with Gasteiger partial charge in [0.15, 0.2) is 0 Å². The number of benzene rings is 6. The molecule has 0 radical (unpaired) electrons. The number of hydrogen-bond donors (Lipinski definition) is 0. The molecule has 0 saturated heterocycles. The van der Waals surface area contributed by atoms with E-state index in [1.807, 2.05) is 6.20 Å². The molecule has 0 spiro atoms. The third kappa shape index (κ3) is 9.96. The third-order valence-electron chi connectivity index (χ3n) is 14.6. The van der Waals surface area contributed by atoms with Crippen molar-refractivity contribution in [2.75, 3.05) is 9.80 Å². The second kappa shape index (κ2) is 18.9. The van der Waals surface area contributed by atoms with Crippen LogP contribution in [0, 0.1) is 29.6 Å². The second-order valence-corrected chi connectivity index (χ2v) is 24.9. The molecular formula is C66H73N4OPt-3. The maximum atomic E-state index is 7.03. The van der Waals surface area contributed by atoms with Crippen LogP contribution in [0.1, 0.15) is 144 Å². The average molecular weight is 1130 g/mol. The van der Waals surface area contributed by atoms with Gasteiger partial charge in [-0.05, 0) is 74.4 Å². The quantitative estimate of drug-likeness (QED) is 0.135. The van der Waals surface area contributed by atoms with E-state index >= 15 is 0 Å². The SMILES string of the molecule is CC(C)(C)C1=C(C(C)(C)C)N(c2cccc(C(C)(C)c3ccccc3)c2)[CH-]N1c1[c-]c(Oc2[c-]c3c(cc2)c2cc(C(C)(C)c4ccccc4)ccc2n3-c2cc(C(C)(C)C)ccn2)cc(C(C)(C)C)c1.[Pt]. The molecule has 0 bridgehead atoms. The van der Waals surface area contributed by atoms with Gasteiger partial charge >= 0.3 is 0 Å². The topological polar surface area (TPSA) is 33.5 Å². The van der Waals surface area contributed by atoms with Crippen molar-refractivity contribution in [3.8, 4) is 17.3 Å². The van der Waals surface area contributed by atoms with Gasteiger partial charge in [0.1, 0.15) is 5.82 Å². The van der Waals surface area contributed by atoms with Gasteiger partial charge in [-0.1, -0.05) is 201 Å². The van der Waals surface area contributed by atoms with Crippen LogP contribution in [0.2, 0.25) is 0 Å². The molecule has 0 saturated carbocycles. The fourth-order valence-electron chi connectivity index (χ4n) is 10.2. The van der Waals surface area contributed by atoms with Crippen LogP contribution in [0.15, 0.2) is 157 Å². The molecule has 2 aromatic heterocycles. The van der Waals surface area contributed by atoms with Gasteiger partial charge in [-0.2, -0.15) is 6.07 Å². The van der Waals surface area contributed by atoms with Crippen LogP contribution in [0.3, 0.4) is 0 Å². The summed E-state index contributed by atoms with van der Waals surface area (Å²) < 4.78 is 9.28. The Morgan fingerprint density at radius 2 is 1.01 bits per heavy atom. The minimum Gasteiger partial charge on any atom is -0.509 e. The first kappa shape index (κ1) is 52.4. The van der Waals surface area contributed by atoms with Crippen molar-refractivity contribution in [1.82, 2.24) is 9.55 Å². The molecular weight excluding hydrogens is 1060 g/mol. The summed E-state index contributed by atoms with van der Waals surface area (Å²) in [4.78, 5) is 9.79. The van der Waals surface area contributed by atoms with Gasteiger partial charge in [0, 0.05) is 83.0 Å². The van der Waals surface area contributed by atoms with Gasteiger partial charge in [0.05, 0.1) is 0 Å². The van der Waals surface area contributed by atoms with Crippen molar-refractivity contribution in [3.63, 3.8) is 0 Å². The number of anilines is 2. The van der Waals surface area contributed by atoms with E-state index in [0.717, 1.165) is 44.6 Å². The molecule has 0 unspecified atom stereocenters.